The third kappa shape index (κ3) is 2.34. The van der Waals surface area contributed by atoms with Crippen molar-refractivity contribution in [3.8, 4) is 0 Å². The van der Waals surface area contributed by atoms with Crippen molar-refractivity contribution in [2.24, 2.45) is 13.0 Å². The molecule has 1 saturated carbocycles. The molecule has 20 heavy (non-hydrogen) atoms. The van der Waals surface area contributed by atoms with Crippen molar-refractivity contribution in [3.05, 3.63) is 46.4 Å². The molecule has 3 rings (SSSR count). The van der Waals surface area contributed by atoms with Gasteiger partial charge in [-0.3, -0.25) is 4.68 Å². The Hall–Kier alpha value is -2.44. The molecule has 1 fully saturated rings. The van der Waals surface area contributed by atoms with Gasteiger partial charge in [-0.15, -0.1) is 0 Å². The molecule has 1 N–H and O–H groups in total. The maximum atomic E-state index is 10.9. The van der Waals surface area contributed by atoms with E-state index in [0.29, 0.717) is 24.1 Å². The average molecular weight is 273 g/mol. The fourth-order valence-electron chi connectivity index (χ4n) is 2.50. The monoisotopic (exact) mass is 273 g/mol. The summed E-state index contributed by atoms with van der Waals surface area (Å²) in [5.41, 5.74) is 1.70. The summed E-state index contributed by atoms with van der Waals surface area (Å²) >= 11 is 0. The van der Waals surface area contributed by atoms with Gasteiger partial charge < -0.3 is 15.4 Å². The van der Waals surface area contributed by atoms with Crippen molar-refractivity contribution in [1.82, 2.24) is 14.8 Å². The number of pyridine rings is 1. The first kappa shape index (κ1) is 12.6. The second kappa shape index (κ2) is 4.92. The largest absolute Gasteiger partial charge is 0.386 e. The Bertz CT molecular complexity index is 639. The lowest BCUT2D eigenvalue weighted by Crippen LogP contribution is -2.08. The molecule has 0 bridgehead atoms. The van der Waals surface area contributed by atoms with Crippen molar-refractivity contribution in [2.45, 2.75) is 12.3 Å². The number of aromatic nitrogens is 3. The number of aryl methyl sites for hydroxylation is 1. The van der Waals surface area contributed by atoms with Gasteiger partial charge in [-0.2, -0.15) is 5.10 Å². The molecule has 0 amide bonds. The Labute approximate surface area is 115 Å². The summed E-state index contributed by atoms with van der Waals surface area (Å²) < 4.78 is 1.89. The molecule has 104 valence electrons. The SMILES string of the molecule is Cn1nccc1[C@@H]1C[C@H]1CNc1cccnc1[N+](=O)[O-]. The number of hydrogen-bond acceptors (Lipinski definition) is 5. The fraction of sp³-hybridized carbons (Fsp3) is 0.385. The quantitative estimate of drug-likeness (QED) is 0.664. The lowest BCUT2D eigenvalue weighted by atomic mass is 10.2. The molecule has 0 aliphatic heterocycles. The van der Waals surface area contributed by atoms with Crippen LogP contribution in [0.5, 0.6) is 0 Å². The van der Waals surface area contributed by atoms with Gasteiger partial charge >= 0.3 is 5.82 Å². The Balaban J connectivity index is 1.62. The van der Waals surface area contributed by atoms with E-state index in [1.54, 1.807) is 18.3 Å². The highest BCUT2D eigenvalue weighted by Crippen LogP contribution is 2.47. The third-order valence-electron chi connectivity index (χ3n) is 3.68. The predicted molar refractivity (Wildman–Crippen MR) is 73.4 cm³/mol. The molecule has 0 spiro atoms. The molecule has 1 aliphatic rings. The fourth-order valence-corrected chi connectivity index (χ4v) is 2.50. The van der Waals surface area contributed by atoms with Crippen LogP contribution >= 0.6 is 0 Å². The Morgan fingerprint density at radius 3 is 3.05 bits per heavy atom. The molecule has 7 nitrogen and oxygen atoms in total. The molecule has 2 aromatic rings. The van der Waals surface area contributed by atoms with E-state index in [1.807, 2.05) is 17.8 Å². The normalized spacial score (nSPS) is 20.6. The molecule has 1 aliphatic carbocycles. The third-order valence-corrected chi connectivity index (χ3v) is 3.68. The molecule has 0 aromatic carbocycles. The van der Waals surface area contributed by atoms with Gasteiger partial charge in [-0.1, -0.05) is 0 Å². The van der Waals surface area contributed by atoms with Crippen molar-refractivity contribution in [1.29, 1.82) is 0 Å². The van der Waals surface area contributed by atoms with E-state index in [9.17, 15) is 10.1 Å². The van der Waals surface area contributed by atoms with Crippen LogP contribution in [0.4, 0.5) is 11.5 Å². The van der Waals surface area contributed by atoms with Crippen LogP contribution in [0, 0.1) is 16.0 Å². The first-order chi connectivity index (χ1) is 9.66. The van der Waals surface area contributed by atoms with Crippen LogP contribution in [0.15, 0.2) is 30.6 Å². The summed E-state index contributed by atoms with van der Waals surface area (Å²) in [5, 5.41) is 18.2. The maximum absolute atomic E-state index is 10.9. The van der Waals surface area contributed by atoms with E-state index in [1.165, 1.54) is 11.9 Å². The summed E-state index contributed by atoms with van der Waals surface area (Å²) in [6, 6.07) is 5.41. The van der Waals surface area contributed by atoms with E-state index in [0.717, 1.165) is 6.42 Å². The van der Waals surface area contributed by atoms with Gasteiger partial charge in [0.1, 0.15) is 11.9 Å². The van der Waals surface area contributed by atoms with Gasteiger partial charge in [0.05, 0.1) is 0 Å². The predicted octanol–water partition coefficient (Wildman–Crippen LogP) is 1.94. The maximum Gasteiger partial charge on any atom is 0.386 e. The summed E-state index contributed by atoms with van der Waals surface area (Å²) in [6.07, 6.45) is 4.31. The van der Waals surface area contributed by atoms with E-state index < -0.39 is 4.92 Å². The highest BCUT2D eigenvalue weighted by molar-refractivity contribution is 5.56. The summed E-state index contributed by atoms with van der Waals surface area (Å²) in [5.74, 6) is 0.862. The van der Waals surface area contributed by atoms with Crippen LogP contribution in [0.3, 0.4) is 0 Å². The van der Waals surface area contributed by atoms with Crippen molar-refractivity contribution >= 4 is 11.5 Å². The van der Waals surface area contributed by atoms with E-state index in [2.05, 4.69) is 15.4 Å². The van der Waals surface area contributed by atoms with Gasteiger partial charge in [-0.05, 0) is 40.4 Å². The smallest absolute Gasteiger partial charge is 0.378 e. The second-order valence-electron chi connectivity index (χ2n) is 4.99. The topological polar surface area (TPSA) is 85.9 Å². The highest BCUT2D eigenvalue weighted by Gasteiger charge is 2.40. The van der Waals surface area contributed by atoms with Gasteiger partial charge in [0.2, 0.25) is 0 Å². The van der Waals surface area contributed by atoms with Gasteiger partial charge in [0.25, 0.3) is 0 Å². The number of nitrogens with one attached hydrogen (secondary N) is 1. The number of nitro groups is 1. The standard InChI is InChI=1S/C13H15N5O2/c1-17-12(4-6-16-17)10-7-9(10)8-15-11-3-2-5-14-13(11)18(19)20/h2-6,9-10,15H,7-8H2,1H3/t9-,10+/m0/s1. The van der Waals surface area contributed by atoms with Crippen molar-refractivity contribution < 1.29 is 4.92 Å². The zero-order chi connectivity index (χ0) is 14.1. The summed E-state index contributed by atoms with van der Waals surface area (Å²) in [7, 11) is 1.93. The molecule has 2 heterocycles. The molecular formula is C13H15N5O2. The Morgan fingerprint density at radius 2 is 2.35 bits per heavy atom. The highest BCUT2D eigenvalue weighted by atomic mass is 16.6. The Morgan fingerprint density at radius 1 is 1.50 bits per heavy atom. The van der Waals surface area contributed by atoms with E-state index in [4.69, 9.17) is 0 Å². The van der Waals surface area contributed by atoms with Crippen molar-refractivity contribution in [2.75, 3.05) is 11.9 Å². The van der Waals surface area contributed by atoms with Gasteiger partial charge in [-0.25, -0.2) is 0 Å². The Kier molecular flexibility index (Phi) is 3.09. The molecule has 2 atom stereocenters. The first-order valence-electron chi connectivity index (χ1n) is 6.48. The minimum absolute atomic E-state index is 0.120. The van der Waals surface area contributed by atoms with Gasteiger partial charge in [0.15, 0.2) is 0 Å². The molecular weight excluding hydrogens is 258 g/mol. The van der Waals surface area contributed by atoms with Crippen LogP contribution in [0.25, 0.3) is 0 Å². The van der Waals surface area contributed by atoms with Crippen LogP contribution in [0.2, 0.25) is 0 Å². The summed E-state index contributed by atoms with van der Waals surface area (Å²) in [4.78, 5) is 14.2. The van der Waals surface area contributed by atoms with Crippen LogP contribution in [-0.2, 0) is 7.05 Å². The molecule has 0 unspecified atom stereocenters. The molecule has 0 saturated heterocycles. The lowest BCUT2D eigenvalue weighted by Gasteiger charge is -2.06. The zero-order valence-electron chi connectivity index (χ0n) is 11.1. The number of rotatable bonds is 5. The van der Waals surface area contributed by atoms with Gasteiger partial charge in [0, 0.05) is 31.4 Å². The molecule has 7 heteroatoms. The lowest BCUT2D eigenvalue weighted by molar-refractivity contribution is -0.388. The van der Waals surface area contributed by atoms with Crippen molar-refractivity contribution in [3.63, 3.8) is 0 Å². The first-order valence-corrected chi connectivity index (χ1v) is 6.48. The average Bonchev–Trinajstić information content (AvgIpc) is 3.09. The summed E-state index contributed by atoms with van der Waals surface area (Å²) in [6.45, 7) is 0.711. The number of hydrogen-bond donors (Lipinski definition) is 1. The van der Waals surface area contributed by atoms with Crippen LogP contribution in [0.1, 0.15) is 18.0 Å². The van der Waals surface area contributed by atoms with Crippen LogP contribution in [-0.4, -0.2) is 26.2 Å². The molecule has 2 aromatic heterocycles. The zero-order valence-corrected chi connectivity index (χ0v) is 11.1. The number of nitrogens with zero attached hydrogens (tertiary/aromatic N) is 4. The molecule has 0 radical (unpaired) electrons. The van der Waals surface area contributed by atoms with E-state index >= 15 is 0 Å². The second-order valence-corrected chi connectivity index (χ2v) is 4.99. The minimum Gasteiger partial charge on any atom is -0.378 e. The minimum atomic E-state index is -0.464. The van der Waals surface area contributed by atoms with E-state index in [-0.39, 0.29) is 5.82 Å². The number of anilines is 1. The van der Waals surface area contributed by atoms with Crippen LogP contribution < -0.4 is 5.32 Å².